The zero-order valence-electron chi connectivity index (χ0n) is 16.6. The minimum absolute atomic E-state index is 0. The van der Waals surface area contributed by atoms with Gasteiger partial charge in [-0.25, -0.2) is 0 Å². The van der Waals surface area contributed by atoms with E-state index in [2.05, 4.69) is 16.0 Å². The van der Waals surface area contributed by atoms with Gasteiger partial charge in [-0.2, -0.15) is 0 Å². The van der Waals surface area contributed by atoms with Gasteiger partial charge in [-0.3, -0.25) is 14.4 Å². The van der Waals surface area contributed by atoms with E-state index in [1.165, 1.54) is 0 Å². The van der Waals surface area contributed by atoms with Gasteiger partial charge in [0.2, 0.25) is 11.8 Å². The van der Waals surface area contributed by atoms with Gasteiger partial charge in [0.15, 0.2) is 0 Å². The number of anilines is 1. The number of nitrogens with two attached hydrogens (primary N) is 1. The van der Waals surface area contributed by atoms with Crippen molar-refractivity contribution in [1.82, 2.24) is 10.6 Å². The molecule has 0 saturated carbocycles. The Kier molecular flexibility index (Phi) is 10.7. The molecule has 0 bridgehead atoms. The number of hydrogen-bond donors (Lipinski definition) is 4. The molecule has 0 heterocycles. The van der Waals surface area contributed by atoms with Crippen LogP contribution in [-0.4, -0.2) is 36.9 Å². The Bertz CT molecular complexity index is 662. The molecule has 0 saturated heterocycles. The van der Waals surface area contributed by atoms with Crippen molar-refractivity contribution in [3.05, 3.63) is 29.3 Å². The molecule has 1 atom stereocenters. The maximum absolute atomic E-state index is 12.1. The molecule has 0 aromatic heterocycles. The van der Waals surface area contributed by atoms with Crippen LogP contribution < -0.4 is 21.7 Å². The van der Waals surface area contributed by atoms with E-state index in [-0.39, 0.29) is 42.6 Å². The number of hydrogen-bond acceptors (Lipinski definition) is 4. The third-order valence-corrected chi connectivity index (χ3v) is 3.88. The van der Waals surface area contributed by atoms with Crippen LogP contribution in [0.3, 0.4) is 0 Å². The summed E-state index contributed by atoms with van der Waals surface area (Å²) in [6, 6.07) is 4.41. The van der Waals surface area contributed by atoms with Crippen LogP contribution in [0.4, 0.5) is 5.69 Å². The Morgan fingerprint density at radius 2 is 1.70 bits per heavy atom. The van der Waals surface area contributed by atoms with E-state index in [9.17, 15) is 14.4 Å². The van der Waals surface area contributed by atoms with Crippen LogP contribution in [-0.2, 0) is 9.59 Å². The van der Waals surface area contributed by atoms with Gasteiger partial charge in [0.05, 0.1) is 12.6 Å². The molecule has 0 radical (unpaired) electrons. The highest BCUT2D eigenvalue weighted by Crippen LogP contribution is 2.16. The molecule has 0 spiro atoms. The van der Waals surface area contributed by atoms with Crippen LogP contribution in [0.15, 0.2) is 18.2 Å². The Hall–Kier alpha value is -2.12. The molecular formula is C19H31ClN4O3. The van der Waals surface area contributed by atoms with Crippen LogP contribution in [0.25, 0.3) is 0 Å². The second kappa shape index (κ2) is 11.6. The summed E-state index contributed by atoms with van der Waals surface area (Å²) in [4.78, 5) is 35.9. The number of rotatable bonds is 8. The quantitative estimate of drug-likeness (QED) is 0.535. The monoisotopic (exact) mass is 398 g/mol. The number of aryl methyl sites for hydroxylation is 1. The van der Waals surface area contributed by atoms with E-state index in [0.717, 1.165) is 5.56 Å². The Morgan fingerprint density at radius 1 is 1.07 bits per heavy atom. The van der Waals surface area contributed by atoms with Crippen molar-refractivity contribution in [3.63, 3.8) is 0 Å². The zero-order valence-corrected chi connectivity index (χ0v) is 17.4. The van der Waals surface area contributed by atoms with Crippen LogP contribution in [0.2, 0.25) is 0 Å². The molecule has 152 valence electrons. The first kappa shape index (κ1) is 24.9. The smallest absolute Gasteiger partial charge is 0.251 e. The summed E-state index contributed by atoms with van der Waals surface area (Å²) in [7, 11) is 0. The van der Waals surface area contributed by atoms with Crippen molar-refractivity contribution < 1.29 is 14.4 Å². The Labute approximate surface area is 167 Å². The highest BCUT2D eigenvalue weighted by molar-refractivity contribution is 5.98. The molecular weight excluding hydrogens is 368 g/mol. The molecule has 7 nitrogen and oxygen atoms in total. The summed E-state index contributed by atoms with van der Waals surface area (Å²) in [6.45, 7) is 9.99. The van der Waals surface area contributed by atoms with Gasteiger partial charge in [0.1, 0.15) is 0 Å². The molecule has 0 aliphatic heterocycles. The first-order valence-corrected chi connectivity index (χ1v) is 8.83. The number of halogens is 1. The molecule has 1 aromatic carbocycles. The fourth-order valence-electron chi connectivity index (χ4n) is 2.13. The van der Waals surface area contributed by atoms with Gasteiger partial charge < -0.3 is 21.7 Å². The molecule has 27 heavy (non-hydrogen) atoms. The lowest BCUT2D eigenvalue weighted by molar-refractivity contribution is -0.125. The van der Waals surface area contributed by atoms with Crippen LogP contribution in [0.1, 0.15) is 43.6 Å². The Morgan fingerprint density at radius 3 is 2.22 bits per heavy atom. The van der Waals surface area contributed by atoms with Crippen molar-refractivity contribution in [3.8, 4) is 0 Å². The van der Waals surface area contributed by atoms with Gasteiger partial charge in [-0.05, 0) is 42.5 Å². The van der Waals surface area contributed by atoms with Crippen molar-refractivity contribution in [2.75, 3.05) is 18.4 Å². The SMILES string of the molecule is Cc1cc(C(=O)NCC(C)C)ccc1NC(=O)CNC(=O)[C@@H](N)C(C)C.Cl. The summed E-state index contributed by atoms with van der Waals surface area (Å²) in [6.07, 6.45) is 0. The zero-order chi connectivity index (χ0) is 19.9. The summed E-state index contributed by atoms with van der Waals surface area (Å²) >= 11 is 0. The molecule has 0 unspecified atom stereocenters. The van der Waals surface area contributed by atoms with Crippen LogP contribution >= 0.6 is 12.4 Å². The molecule has 5 N–H and O–H groups in total. The summed E-state index contributed by atoms with van der Waals surface area (Å²) in [5, 5.41) is 8.10. The minimum atomic E-state index is -0.645. The fourth-order valence-corrected chi connectivity index (χ4v) is 2.13. The number of nitrogens with one attached hydrogen (secondary N) is 3. The topological polar surface area (TPSA) is 113 Å². The number of carbonyl (C=O) groups excluding carboxylic acids is 3. The second-order valence-electron chi connectivity index (χ2n) is 7.17. The van der Waals surface area contributed by atoms with Gasteiger partial charge in [-0.1, -0.05) is 27.7 Å². The van der Waals surface area contributed by atoms with Crippen molar-refractivity contribution >= 4 is 35.8 Å². The molecule has 8 heteroatoms. The average molecular weight is 399 g/mol. The third kappa shape index (κ3) is 8.41. The van der Waals surface area contributed by atoms with Gasteiger partial charge in [-0.15, -0.1) is 12.4 Å². The lowest BCUT2D eigenvalue weighted by Gasteiger charge is -2.15. The lowest BCUT2D eigenvalue weighted by atomic mass is 10.1. The lowest BCUT2D eigenvalue weighted by Crippen LogP contribution is -2.46. The van der Waals surface area contributed by atoms with E-state index < -0.39 is 6.04 Å². The van der Waals surface area contributed by atoms with Crippen molar-refractivity contribution in [2.24, 2.45) is 17.6 Å². The van der Waals surface area contributed by atoms with Gasteiger partial charge in [0.25, 0.3) is 5.91 Å². The molecule has 1 aromatic rings. The van der Waals surface area contributed by atoms with E-state index in [4.69, 9.17) is 5.73 Å². The van der Waals surface area contributed by atoms with Crippen molar-refractivity contribution in [2.45, 2.75) is 40.7 Å². The molecule has 0 aliphatic carbocycles. The predicted molar refractivity (Wildman–Crippen MR) is 110 cm³/mol. The van der Waals surface area contributed by atoms with Crippen LogP contribution in [0.5, 0.6) is 0 Å². The van der Waals surface area contributed by atoms with E-state index in [0.29, 0.717) is 23.7 Å². The average Bonchev–Trinajstić information content (AvgIpc) is 2.58. The summed E-state index contributed by atoms with van der Waals surface area (Å²) < 4.78 is 0. The maximum atomic E-state index is 12.1. The van der Waals surface area contributed by atoms with E-state index in [1.807, 2.05) is 34.6 Å². The minimum Gasteiger partial charge on any atom is -0.352 e. The largest absolute Gasteiger partial charge is 0.352 e. The van der Waals surface area contributed by atoms with Gasteiger partial charge in [0, 0.05) is 17.8 Å². The van der Waals surface area contributed by atoms with Gasteiger partial charge >= 0.3 is 0 Å². The highest BCUT2D eigenvalue weighted by atomic mass is 35.5. The fraction of sp³-hybridized carbons (Fsp3) is 0.526. The second-order valence-corrected chi connectivity index (χ2v) is 7.17. The summed E-state index contributed by atoms with van der Waals surface area (Å²) in [5.41, 5.74) is 7.63. The normalized spacial score (nSPS) is 11.6. The third-order valence-electron chi connectivity index (χ3n) is 3.88. The summed E-state index contributed by atoms with van der Waals surface area (Å²) in [5.74, 6) is -0.486. The molecule has 0 aliphatic rings. The predicted octanol–water partition coefficient (Wildman–Crippen LogP) is 1.84. The first-order chi connectivity index (χ1) is 12.1. The standard InChI is InChI=1S/C19H30N4O3.ClH/c1-11(2)9-21-18(25)14-6-7-15(13(5)8-14)23-16(24)10-22-19(26)17(20)12(3)4;/h6-8,11-12,17H,9-10,20H2,1-5H3,(H,21,25)(H,22,26)(H,23,24);1H/t17-;/m0./s1. The number of benzene rings is 1. The molecule has 1 rings (SSSR count). The molecule has 3 amide bonds. The number of carbonyl (C=O) groups is 3. The molecule has 0 fully saturated rings. The number of amides is 3. The van der Waals surface area contributed by atoms with E-state index >= 15 is 0 Å². The maximum Gasteiger partial charge on any atom is 0.251 e. The van der Waals surface area contributed by atoms with Crippen molar-refractivity contribution in [1.29, 1.82) is 0 Å². The highest BCUT2D eigenvalue weighted by Gasteiger charge is 2.18. The Balaban J connectivity index is 0.00000676. The van der Waals surface area contributed by atoms with E-state index in [1.54, 1.807) is 18.2 Å². The van der Waals surface area contributed by atoms with Crippen LogP contribution in [0, 0.1) is 18.8 Å². The first-order valence-electron chi connectivity index (χ1n) is 8.83.